The number of rotatable bonds is 3. The van der Waals surface area contributed by atoms with Crippen molar-refractivity contribution in [2.24, 2.45) is 0 Å². The number of sulfone groups is 1. The first kappa shape index (κ1) is 11.5. The highest BCUT2D eigenvalue weighted by Crippen LogP contribution is 2.19. The van der Waals surface area contributed by atoms with Crippen molar-refractivity contribution in [3.8, 4) is 6.07 Å². The van der Waals surface area contributed by atoms with E-state index in [-0.39, 0.29) is 16.2 Å². The van der Waals surface area contributed by atoms with Crippen LogP contribution in [0.1, 0.15) is 18.9 Å². The molecule has 1 rings (SSSR count). The first-order chi connectivity index (χ1) is 7.01. The van der Waals surface area contributed by atoms with Gasteiger partial charge in [0.05, 0.1) is 16.2 Å². The minimum absolute atomic E-state index is 0.0472. The summed E-state index contributed by atoms with van der Waals surface area (Å²) in [5, 5.41) is 8.80. The van der Waals surface area contributed by atoms with E-state index in [1.165, 1.54) is 18.2 Å². The van der Waals surface area contributed by atoms with Crippen molar-refractivity contribution >= 4 is 15.5 Å². The lowest BCUT2D eigenvalue weighted by Gasteiger charge is -2.05. The lowest BCUT2D eigenvalue weighted by Crippen LogP contribution is -2.08. The fourth-order valence-electron chi connectivity index (χ4n) is 1.28. The van der Waals surface area contributed by atoms with Gasteiger partial charge < -0.3 is 5.73 Å². The van der Waals surface area contributed by atoms with Crippen molar-refractivity contribution in [3.05, 3.63) is 23.8 Å². The molecule has 5 heteroatoms. The number of hydrogen-bond acceptors (Lipinski definition) is 4. The fourth-order valence-corrected chi connectivity index (χ4v) is 2.76. The summed E-state index contributed by atoms with van der Waals surface area (Å²) in [7, 11) is -3.35. The maximum atomic E-state index is 11.7. The summed E-state index contributed by atoms with van der Waals surface area (Å²) in [4.78, 5) is 0.0704. The molecule has 0 fully saturated rings. The smallest absolute Gasteiger partial charge is 0.179 e. The zero-order chi connectivity index (χ0) is 11.5. The van der Waals surface area contributed by atoms with Crippen molar-refractivity contribution in [2.45, 2.75) is 18.2 Å². The molecule has 0 saturated heterocycles. The summed E-state index contributed by atoms with van der Waals surface area (Å²) < 4.78 is 23.5. The SMILES string of the molecule is CCCS(=O)(=O)c1ccc(N)cc1C#N. The zero-order valence-electron chi connectivity index (χ0n) is 8.40. The molecular weight excluding hydrogens is 212 g/mol. The number of benzene rings is 1. The first-order valence-corrected chi connectivity index (χ1v) is 6.19. The number of hydrogen-bond donors (Lipinski definition) is 1. The molecule has 0 spiro atoms. The van der Waals surface area contributed by atoms with Gasteiger partial charge in [-0.05, 0) is 24.6 Å². The van der Waals surface area contributed by atoms with Crippen molar-refractivity contribution in [2.75, 3.05) is 11.5 Å². The van der Waals surface area contributed by atoms with Gasteiger partial charge in [-0.1, -0.05) is 6.92 Å². The van der Waals surface area contributed by atoms with E-state index >= 15 is 0 Å². The minimum Gasteiger partial charge on any atom is -0.399 e. The summed E-state index contributed by atoms with van der Waals surface area (Å²) in [6.45, 7) is 1.78. The van der Waals surface area contributed by atoms with Crippen LogP contribution in [0, 0.1) is 11.3 Å². The summed E-state index contributed by atoms with van der Waals surface area (Å²) in [6.07, 6.45) is 0.525. The van der Waals surface area contributed by atoms with Crippen LogP contribution in [0.4, 0.5) is 5.69 Å². The molecule has 1 aromatic carbocycles. The van der Waals surface area contributed by atoms with Crippen molar-refractivity contribution in [1.82, 2.24) is 0 Å². The molecule has 0 aliphatic carbocycles. The normalized spacial score (nSPS) is 10.9. The topological polar surface area (TPSA) is 83.9 Å². The lowest BCUT2D eigenvalue weighted by atomic mass is 10.2. The molecule has 0 unspecified atom stereocenters. The summed E-state index contributed by atoms with van der Waals surface area (Å²) in [5.41, 5.74) is 5.98. The Morgan fingerprint density at radius 1 is 1.47 bits per heavy atom. The monoisotopic (exact) mass is 224 g/mol. The van der Waals surface area contributed by atoms with Gasteiger partial charge in [0.15, 0.2) is 9.84 Å². The van der Waals surface area contributed by atoms with Crippen LogP contribution >= 0.6 is 0 Å². The molecule has 0 amide bonds. The highest BCUT2D eigenvalue weighted by molar-refractivity contribution is 7.91. The predicted octanol–water partition coefficient (Wildman–Crippen LogP) is 1.32. The van der Waals surface area contributed by atoms with Gasteiger partial charge in [-0.25, -0.2) is 8.42 Å². The van der Waals surface area contributed by atoms with Crippen LogP contribution in [0.5, 0.6) is 0 Å². The number of nitriles is 1. The second-order valence-corrected chi connectivity index (χ2v) is 5.26. The van der Waals surface area contributed by atoms with Gasteiger partial charge in [0.25, 0.3) is 0 Å². The van der Waals surface area contributed by atoms with Gasteiger partial charge in [-0.2, -0.15) is 5.26 Å². The Kier molecular flexibility index (Phi) is 3.32. The third-order valence-electron chi connectivity index (χ3n) is 1.93. The van der Waals surface area contributed by atoms with Crippen LogP contribution in [0.15, 0.2) is 23.1 Å². The van der Waals surface area contributed by atoms with E-state index in [0.29, 0.717) is 12.1 Å². The molecule has 0 saturated carbocycles. The molecule has 4 nitrogen and oxygen atoms in total. The number of anilines is 1. The van der Waals surface area contributed by atoms with E-state index in [0.717, 1.165) is 0 Å². The van der Waals surface area contributed by atoms with Crippen LogP contribution in [0.3, 0.4) is 0 Å². The van der Waals surface area contributed by atoms with E-state index < -0.39 is 9.84 Å². The molecule has 0 aromatic heterocycles. The largest absolute Gasteiger partial charge is 0.399 e. The second kappa shape index (κ2) is 4.32. The van der Waals surface area contributed by atoms with E-state index in [4.69, 9.17) is 11.0 Å². The Labute approximate surface area is 89.2 Å². The molecule has 2 N–H and O–H groups in total. The molecule has 0 heterocycles. The first-order valence-electron chi connectivity index (χ1n) is 4.53. The third-order valence-corrected chi connectivity index (χ3v) is 3.90. The summed E-state index contributed by atoms with van der Waals surface area (Å²) in [6, 6.07) is 6.10. The van der Waals surface area contributed by atoms with E-state index in [2.05, 4.69) is 0 Å². The Bertz CT molecular complexity index is 501. The fraction of sp³-hybridized carbons (Fsp3) is 0.300. The average molecular weight is 224 g/mol. The highest BCUT2D eigenvalue weighted by atomic mass is 32.2. The average Bonchev–Trinajstić information content (AvgIpc) is 2.17. The van der Waals surface area contributed by atoms with Gasteiger partial charge in [0, 0.05) is 5.69 Å². The van der Waals surface area contributed by atoms with Crippen molar-refractivity contribution < 1.29 is 8.42 Å². The van der Waals surface area contributed by atoms with Gasteiger partial charge >= 0.3 is 0 Å². The standard InChI is InChI=1S/C10H12N2O2S/c1-2-5-15(13,14)10-4-3-9(12)6-8(10)7-11/h3-4,6H,2,5,12H2,1H3. The molecule has 80 valence electrons. The summed E-state index contributed by atoms with van der Waals surface area (Å²) in [5.74, 6) is 0.0472. The molecule has 15 heavy (non-hydrogen) atoms. The molecular formula is C10H12N2O2S. The lowest BCUT2D eigenvalue weighted by molar-refractivity contribution is 0.594. The van der Waals surface area contributed by atoms with Gasteiger partial charge in [-0.3, -0.25) is 0 Å². The minimum atomic E-state index is -3.35. The second-order valence-electron chi connectivity index (χ2n) is 3.19. The molecule has 1 aromatic rings. The number of nitrogens with two attached hydrogens (primary N) is 1. The quantitative estimate of drug-likeness (QED) is 0.785. The Morgan fingerprint density at radius 2 is 2.13 bits per heavy atom. The van der Waals surface area contributed by atoms with Crippen LogP contribution in [-0.2, 0) is 9.84 Å². The predicted molar refractivity (Wildman–Crippen MR) is 57.9 cm³/mol. The number of nitrogens with zero attached hydrogens (tertiary/aromatic N) is 1. The third kappa shape index (κ3) is 2.48. The van der Waals surface area contributed by atoms with Crippen LogP contribution < -0.4 is 5.73 Å². The zero-order valence-corrected chi connectivity index (χ0v) is 9.21. The molecule has 0 aliphatic rings. The van der Waals surface area contributed by atoms with Crippen molar-refractivity contribution in [3.63, 3.8) is 0 Å². The van der Waals surface area contributed by atoms with Crippen molar-refractivity contribution in [1.29, 1.82) is 5.26 Å². The van der Waals surface area contributed by atoms with E-state index in [1.54, 1.807) is 6.92 Å². The van der Waals surface area contributed by atoms with Gasteiger partial charge in [0.2, 0.25) is 0 Å². The van der Waals surface area contributed by atoms with Gasteiger partial charge in [-0.15, -0.1) is 0 Å². The molecule has 0 radical (unpaired) electrons. The Morgan fingerprint density at radius 3 is 2.67 bits per heavy atom. The molecule has 0 atom stereocenters. The molecule has 0 bridgehead atoms. The van der Waals surface area contributed by atoms with Gasteiger partial charge in [0.1, 0.15) is 6.07 Å². The van der Waals surface area contributed by atoms with Crippen LogP contribution in [0.25, 0.3) is 0 Å². The number of nitrogen functional groups attached to an aromatic ring is 1. The van der Waals surface area contributed by atoms with E-state index in [1.807, 2.05) is 6.07 Å². The maximum Gasteiger partial charge on any atom is 0.179 e. The highest BCUT2D eigenvalue weighted by Gasteiger charge is 2.17. The van der Waals surface area contributed by atoms with E-state index in [9.17, 15) is 8.42 Å². The Balaban J connectivity index is 3.33. The summed E-state index contributed by atoms with van der Waals surface area (Å²) >= 11 is 0. The van der Waals surface area contributed by atoms with Crippen LogP contribution in [-0.4, -0.2) is 14.2 Å². The molecule has 0 aliphatic heterocycles. The maximum absolute atomic E-state index is 11.7. The Hall–Kier alpha value is -1.54. The van der Waals surface area contributed by atoms with Crippen LogP contribution in [0.2, 0.25) is 0 Å².